The summed E-state index contributed by atoms with van der Waals surface area (Å²) in [6.45, 7) is 3.59. The van der Waals surface area contributed by atoms with Crippen molar-refractivity contribution in [3.05, 3.63) is 52.0 Å². The van der Waals surface area contributed by atoms with E-state index in [4.69, 9.17) is 16.0 Å². The van der Waals surface area contributed by atoms with Gasteiger partial charge in [0.2, 0.25) is 5.89 Å². The number of carboxylic acid groups (broad SMARTS) is 1. The predicted octanol–water partition coefficient (Wildman–Crippen LogP) is 4.46. The molecule has 0 amide bonds. The summed E-state index contributed by atoms with van der Waals surface area (Å²) in [6, 6.07) is 8.77. The Balaban J connectivity index is 2.32. The summed E-state index contributed by atoms with van der Waals surface area (Å²) in [7, 11) is 0. The smallest absolute Gasteiger partial charge is 0.336 e. The Morgan fingerprint density at radius 3 is 2.62 bits per heavy atom. The lowest BCUT2D eigenvalue weighted by molar-refractivity contribution is 0.0696. The molecule has 1 heterocycles. The largest absolute Gasteiger partial charge is 0.478 e. The highest BCUT2D eigenvalue weighted by atomic mass is 35.5. The number of aromatic nitrogens is 1. The van der Waals surface area contributed by atoms with Gasteiger partial charge in [-0.15, -0.1) is 0 Å². The van der Waals surface area contributed by atoms with Gasteiger partial charge in [0.05, 0.1) is 11.1 Å². The average Bonchev–Trinajstić information content (AvgIpc) is 2.83. The molecule has 5 heteroatoms. The van der Waals surface area contributed by atoms with E-state index in [1.54, 1.807) is 31.2 Å². The fraction of sp³-hybridized carbons (Fsp3) is 0.125. The van der Waals surface area contributed by atoms with Crippen LogP contribution in [-0.4, -0.2) is 16.1 Å². The number of aromatic carboxylic acids is 1. The first-order chi connectivity index (χ1) is 9.97. The molecule has 0 bridgehead atoms. The van der Waals surface area contributed by atoms with Gasteiger partial charge in [-0.1, -0.05) is 23.7 Å². The zero-order valence-electron chi connectivity index (χ0n) is 11.5. The molecule has 0 radical (unpaired) electrons. The molecule has 21 heavy (non-hydrogen) atoms. The number of benzene rings is 2. The Kier molecular flexibility index (Phi) is 3.18. The van der Waals surface area contributed by atoms with Gasteiger partial charge in [0.15, 0.2) is 5.58 Å². The summed E-state index contributed by atoms with van der Waals surface area (Å²) >= 11 is 5.93. The van der Waals surface area contributed by atoms with Crippen molar-refractivity contribution in [1.82, 2.24) is 4.98 Å². The van der Waals surface area contributed by atoms with Crippen LogP contribution in [0.3, 0.4) is 0 Å². The van der Waals surface area contributed by atoms with Crippen molar-refractivity contribution in [3.63, 3.8) is 0 Å². The van der Waals surface area contributed by atoms with E-state index in [2.05, 4.69) is 4.98 Å². The van der Waals surface area contributed by atoms with Gasteiger partial charge in [-0.05, 0) is 37.1 Å². The molecule has 0 aliphatic heterocycles. The number of carboxylic acids is 1. The van der Waals surface area contributed by atoms with Gasteiger partial charge in [0.1, 0.15) is 5.52 Å². The summed E-state index contributed by atoms with van der Waals surface area (Å²) < 4.78 is 5.70. The molecular formula is C16H12ClNO3. The van der Waals surface area contributed by atoms with Crippen LogP contribution in [0.25, 0.3) is 22.6 Å². The standard InChI is InChI=1S/C16H12ClNO3/c1-8-3-4-9(2)14(16(19)20)13(8)15-18-11-6-5-10(17)7-12(11)21-15/h3-7H,1-2H3,(H,19,20). The van der Waals surface area contributed by atoms with Crippen LogP contribution >= 0.6 is 11.6 Å². The van der Waals surface area contributed by atoms with E-state index in [0.29, 0.717) is 33.1 Å². The Bertz CT molecular complexity index is 867. The van der Waals surface area contributed by atoms with Gasteiger partial charge >= 0.3 is 5.97 Å². The number of nitrogens with zero attached hydrogens (tertiary/aromatic N) is 1. The Morgan fingerprint density at radius 2 is 1.90 bits per heavy atom. The van der Waals surface area contributed by atoms with Gasteiger partial charge in [-0.2, -0.15) is 0 Å². The van der Waals surface area contributed by atoms with E-state index >= 15 is 0 Å². The van der Waals surface area contributed by atoms with E-state index in [9.17, 15) is 9.90 Å². The van der Waals surface area contributed by atoms with E-state index in [1.807, 2.05) is 13.0 Å². The molecule has 3 aromatic rings. The Labute approximate surface area is 126 Å². The van der Waals surface area contributed by atoms with Gasteiger partial charge in [0.25, 0.3) is 0 Å². The summed E-state index contributed by atoms with van der Waals surface area (Å²) in [5, 5.41) is 10.0. The van der Waals surface area contributed by atoms with E-state index in [0.717, 1.165) is 5.56 Å². The minimum Gasteiger partial charge on any atom is -0.478 e. The van der Waals surface area contributed by atoms with Crippen LogP contribution in [0.2, 0.25) is 5.02 Å². The number of oxazole rings is 1. The highest BCUT2D eigenvalue weighted by Crippen LogP contribution is 2.32. The molecule has 1 N–H and O–H groups in total. The molecule has 4 nitrogen and oxygen atoms in total. The number of rotatable bonds is 2. The molecule has 3 rings (SSSR count). The lowest BCUT2D eigenvalue weighted by Gasteiger charge is -2.09. The third-order valence-electron chi connectivity index (χ3n) is 3.40. The molecule has 0 spiro atoms. The van der Waals surface area contributed by atoms with Crippen molar-refractivity contribution in [2.24, 2.45) is 0 Å². The molecule has 0 aliphatic rings. The Morgan fingerprint density at radius 1 is 1.19 bits per heavy atom. The molecule has 1 aromatic heterocycles. The van der Waals surface area contributed by atoms with Gasteiger partial charge in [0, 0.05) is 11.1 Å². The number of halogens is 1. The predicted molar refractivity (Wildman–Crippen MR) is 80.9 cm³/mol. The monoisotopic (exact) mass is 301 g/mol. The molecule has 0 unspecified atom stereocenters. The first-order valence-corrected chi connectivity index (χ1v) is 6.75. The highest BCUT2D eigenvalue weighted by molar-refractivity contribution is 6.31. The van der Waals surface area contributed by atoms with Crippen molar-refractivity contribution in [2.75, 3.05) is 0 Å². The molecule has 0 saturated heterocycles. The van der Waals surface area contributed by atoms with Gasteiger partial charge in [-0.3, -0.25) is 0 Å². The molecule has 2 aromatic carbocycles. The van der Waals surface area contributed by atoms with Crippen molar-refractivity contribution >= 4 is 28.7 Å². The van der Waals surface area contributed by atoms with Crippen molar-refractivity contribution < 1.29 is 14.3 Å². The van der Waals surface area contributed by atoms with Crippen molar-refractivity contribution in [2.45, 2.75) is 13.8 Å². The lowest BCUT2D eigenvalue weighted by Crippen LogP contribution is -2.04. The van der Waals surface area contributed by atoms with Crippen LogP contribution in [0.15, 0.2) is 34.7 Å². The van der Waals surface area contributed by atoms with Crippen LogP contribution in [0.1, 0.15) is 21.5 Å². The van der Waals surface area contributed by atoms with Crippen LogP contribution in [-0.2, 0) is 0 Å². The normalized spacial score (nSPS) is 11.0. The molecule has 106 valence electrons. The summed E-state index contributed by atoms with van der Waals surface area (Å²) in [6.07, 6.45) is 0. The second-order valence-corrected chi connectivity index (χ2v) is 5.32. The minimum absolute atomic E-state index is 0.215. The van der Waals surface area contributed by atoms with Crippen LogP contribution in [0, 0.1) is 13.8 Å². The number of hydrogen-bond acceptors (Lipinski definition) is 3. The summed E-state index contributed by atoms with van der Waals surface area (Å²) in [5.41, 5.74) is 3.38. The van der Waals surface area contributed by atoms with Gasteiger partial charge in [-0.25, -0.2) is 9.78 Å². The van der Waals surface area contributed by atoms with Crippen molar-refractivity contribution in [1.29, 1.82) is 0 Å². The summed E-state index contributed by atoms with van der Waals surface area (Å²) in [4.78, 5) is 15.9. The maximum atomic E-state index is 11.5. The third kappa shape index (κ3) is 2.28. The third-order valence-corrected chi connectivity index (χ3v) is 3.64. The lowest BCUT2D eigenvalue weighted by atomic mass is 9.97. The number of carbonyl (C=O) groups is 1. The average molecular weight is 302 g/mol. The first-order valence-electron chi connectivity index (χ1n) is 6.37. The maximum absolute atomic E-state index is 11.5. The second kappa shape index (κ2) is 4.90. The minimum atomic E-state index is -0.994. The molecule has 0 fully saturated rings. The maximum Gasteiger partial charge on any atom is 0.336 e. The number of aryl methyl sites for hydroxylation is 2. The summed E-state index contributed by atoms with van der Waals surface area (Å²) in [5.74, 6) is -0.697. The quantitative estimate of drug-likeness (QED) is 0.759. The second-order valence-electron chi connectivity index (χ2n) is 4.89. The number of hydrogen-bond donors (Lipinski definition) is 1. The topological polar surface area (TPSA) is 63.3 Å². The Hall–Kier alpha value is -2.33. The van der Waals surface area contributed by atoms with E-state index < -0.39 is 5.97 Å². The SMILES string of the molecule is Cc1ccc(C)c(-c2nc3ccc(Cl)cc3o2)c1C(=O)O. The number of fused-ring (bicyclic) bond motifs is 1. The molecule has 0 saturated carbocycles. The first kappa shape index (κ1) is 13.6. The molecule has 0 aliphatic carbocycles. The van der Waals surface area contributed by atoms with Crippen LogP contribution in [0.5, 0.6) is 0 Å². The zero-order chi connectivity index (χ0) is 15.1. The van der Waals surface area contributed by atoms with Crippen LogP contribution in [0.4, 0.5) is 0 Å². The highest BCUT2D eigenvalue weighted by Gasteiger charge is 2.21. The fourth-order valence-corrected chi connectivity index (χ4v) is 2.53. The van der Waals surface area contributed by atoms with Crippen LogP contribution < -0.4 is 0 Å². The van der Waals surface area contributed by atoms with E-state index in [1.165, 1.54) is 0 Å². The molecular weight excluding hydrogens is 290 g/mol. The van der Waals surface area contributed by atoms with E-state index in [-0.39, 0.29) is 5.56 Å². The zero-order valence-corrected chi connectivity index (χ0v) is 12.2. The fourth-order valence-electron chi connectivity index (χ4n) is 2.37. The molecule has 0 atom stereocenters. The van der Waals surface area contributed by atoms with Crippen molar-refractivity contribution in [3.8, 4) is 11.5 Å². The van der Waals surface area contributed by atoms with Gasteiger partial charge < -0.3 is 9.52 Å².